The number of esters is 4. The van der Waals surface area contributed by atoms with Crippen molar-refractivity contribution in [3.63, 3.8) is 0 Å². The molecule has 49 heavy (non-hydrogen) atoms. The fourth-order valence-corrected chi connectivity index (χ4v) is 4.90. The quantitative estimate of drug-likeness (QED) is 0.0760. The summed E-state index contributed by atoms with van der Waals surface area (Å²) in [4.78, 5) is 46.4. The van der Waals surface area contributed by atoms with Crippen LogP contribution in [0.1, 0.15) is 109 Å². The number of carbonyl (C=O) groups excluding carboxylic acids is 4. The van der Waals surface area contributed by atoms with E-state index in [0.29, 0.717) is 12.8 Å². The smallest absolute Gasteiger partial charge is 0.339 e. The first-order chi connectivity index (χ1) is 22.3. The minimum Gasteiger partial charge on any atom is -0.462 e. The van der Waals surface area contributed by atoms with Crippen molar-refractivity contribution in [2.45, 2.75) is 77.0 Å². The van der Waals surface area contributed by atoms with Gasteiger partial charge in [-0.3, -0.25) is 9.11 Å². The van der Waals surface area contributed by atoms with Gasteiger partial charge in [0, 0.05) is 29.6 Å². The molecule has 0 unspecified atom stereocenters. The van der Waals surface area contributed by atoms with Crippen LogP contribution in [0.15, 0.2) is 46.2 Å². The molecule has 0 amide bonds. The van der Waals surface area contributed by atoms with Gasteiger partial charge in [0.05, 0.1) is 48.7 Å². The Hall–Kier alpha value is -2.86. The fourth-order valence-electron chi connectivity index (χ4n) is 3.49. The van der Waals surface area contributed by atoms with Crippen LogP contribution in [0, 0.1) is 11.8 Å². The topological polar surface area (TPSA) is 214 Å². The van der Waals surface area contributed by atoms with Crippen LogP contribution in [0.5, 0.6) is 0 Å². The van der Waals surface area contributed by atoms with Crippen LogP contribution in [0.4, 0.5) is 0 Å². The third-order valence-corrected chi connectivity index (χ3v) is 7.78. The number of hydrogen-bond donors (Lipinski definition) is 2. The molecule has 2 aromatic carbocycles. The van der Waals surface area contributed by atoms with E-state index in [1.807, 2.05) is 41.5 Å². The molecule has 0 aliphatic carbocycles. The Kier molecular flexibility index (Phi) is 20.8. The van der Waals surface area contributed by atoms with Crippen molar-refractivity contribution in [2.75, 3.05) is 26.4 Å². The average Bonchev–Trinajstić information content (AvgIpc) is 3.01. The van der Waals surface area contributed by atoms with E-state index >= 15 is 0 Å². The number of unbranched alkanes of at least 4 members (excludes halogenated alkanes) is 2. The molecule has 0 heterocycles. The van der Waals surface area contributed by atoms with Gasteiger partial charge in [-0.05, 0) is 61.1 Å². The predicted molar refractivity (Wildman–Crippen MR) is 179 cm³/mol. The number of rotatable bonds is 16. The zero-order valence-electron chi connectivity index (χ0n) is 28.9. The Bertz CT molecular complexity index is 1630. The van der Waals surface area contributed by atoms with Crippen molar-refractivity contribution in [1.29, 1.82) is 0 Å². The number of benzene rings is 2. The SMILES string of the molecule is CC(C)COC(=O)c1ccc(C(=O)OCC(C)C)c(S(=O)(=O)O)c1.CCCCOC(=O)c1ccc(C(=O)OCCCC)c(S(=O)(=O)O)c1.[Na]. The van der Waals surface area contributed by atoms with Gasteiger partial charge in [0.15, 0.2) is 0 Å². The summed E-state index contributed by atoms with van der Waals surface area (Å²) in [6.45, 7) is 11.8. The van der Waals surface area contributed by atoms with Gasteiger partial charge in [-0.1, -0.05) is 54.4 Å². The van der Waals surface area contributed by atoms with E-state index in [4.69, 9.17) is 18.9 Å². The summed E-state index contributed by atoms with van der Waals surface area (Å²) >= 11 is 0. The zero-order valence-corrected chi connectivity index (χ0v) is 32.5. The van der Waals surface area contributed by atoms with Crippen LogP contribution < -0.4 is 0 Å². The van der Waals surface area contributed by atoms with Gasteiger partial charge < -0.3 is 18.9 Å². The van der Waals surface area contributed by atoms with E-state index in [1.54, 1.807) is 0 Å². The van der Waals surface area contributed by atoms with Gasteiger partial charge in [0.2, 0.25) is 0 Å². The fraction of sp³-hybridized carbons (Fsp3) is 0.500. The molecule has 17 heteroatoms. The largest absolute Gasteiger partial charge is 0.462 e. The third kappa shape index (κ3) is 16.6. The Balaban J connectivity index is 0.000000922. The first-order valence-corrected chi connectivity index (χ1v) is 18.1. The van der Waals surface area contributed by atoms with E-state index in [0.717, 1.165) is 37.1 Å². The van der Waals surface area contributed by atoms with E-state index in [1.165, 1.54) is 12.1 Å². The molecule has 0 atom stereocenters. The second kappa shape index (κ2) is 22.1. The Morgan fingerprint density at radius 2 is 0.918 bits per heavy atom. The maximum Gasteiger partial charge on any atom is 0.339 e. The third-order valence-electron chi connectivity index (χ3n) is 5.99. The monoisotopic (exact) mass is 739 g/mol. The van der Waals surface area contributed by atoms with Crippen molar-refractivity contribution in [3.05, 3.63) is 58.7 Å². The standard InChI is InChI=1S/2C16H22O7S.Na/c1-10(2)8-22-15(17)12-5-6-13(14(7-12)24(19,20)21)16(18)23-9-11(3)4;1-3-5-9-22-15(17)12-7-8-13(14(11-12)24(19,20)21)16(18)23-10-6-4-2;/h5-7,10-11H,8-9H2,1-4H3,(H,19,20,21);7-8,11H,3-6,9-10H2,1-2H3,(H,19,20,21);. The minimum absolute atomic E-state index is 0. The average molecular weight is 740 g/mol. The van der Waals surface area contributed by atoms with Gasteiger partial charge in [0.1, 0.15) is 9.79 Å². The van der Waals surface area contributed by atoms with Gasteiger partial charge in [-0.15, -0.1) is 0 Å². The normalized spacial score (nSPS) is 11.1. The molecule has 0 saturated heterocycles. The van der Waals surface area contributed by atoms with Crippen LogP contribution in [-0.2, 0) is 39.2 Å². The molecule has 0 aliphatic rings. The van der Waals surface area contributed by atoms with Crippen LogP contribution in [0.2, 0.25) is 0 Å². The van der Waals surface area contributed by atoms with Crippen LogP contribution in [0.25, 0.3) is 0 Å². The van der Waals surface area contributed by atoms with Gasteiger partial charge in [-0.25, -0.2) is 19.2 Å². The molecule has 1 radical (unpaired) electrons. The van der Waals surface area contributed by atoms with E-state index in [2.05, 4.69) is 0 Å². The molecule has 0 aromatic heterocycles. The summed E-state index contributed by atoms with van der Waals surface area (Å²) in [6, 6.07) is 6.60. The molecular weight excluding hydrogens is 695 g/mol. The Morgan fingerprint density at radius 3 is 1.27 bits per heavy atom. The predicted octanol–water partition coefficient (Wildman–Crippen LogP) is 5.03. The number of carbonyl (C=O) groups is 4. The molecule has 269 valence electrons. The van der Waals surface area contributed by atoms with Crippen molar-refractivity contribution >= 4 is 73.7 Å². The molecule has 0 spiro atoms. The van der Waals surface area contributed by atoms with Gasteiger partial charge in [-0.2, -0.15) is 16.8 Å². The summed E-state index contributed by atoms with van der Waals surface area (Å²) in [5, 5.41) is 0. The summed E-state index contributed by atoms with van der Waals surface area (Å²) in [5.41, 5.74) is -0.801. The van der Waals surface area contributed by atoms with Gasteiger partial charge >= 0.3 is 23.9 Å². The first-order valence-electron chi connectivity index (χ1n) is 15.2. The number of ether oxygens (including phenoxy) is 4. The first kappa shape index (κ1) is 46.1. The number of hydrogen-bond acceptors (Lipinski definition) is 12. The van der Waals surface area contributed by atoms with Crippen molar-refractivity contribution < 1.29 is 64.1 Å². The van der Waals surface area contributed by atoms with E-state index < -0.39 is 53.9 Å². The van der Waals surface area contributed by atoms with Crippen molar-refractivity contribution in [1.82, 2.24) is 0 Å². The minimum atomic E-state index is -4.71. The summed E-state index contributed by atoms with van der Waals surface area (Å²) < 4.78 is 84.7. The van der Waals surface area contributed by atoms with Crippen LogP contribution >= 0.6 is 0 Å². The van der Waals surface area contributed by atoms with E-state index in [9.17, 15) is 45.1 Å². The zero-order chi connectivity index (χ0) is 36.7. The maximum absolute atomic E-state index is 12.0. The van der Waals surface area contributed by atoms with Crippen LogP contribution in [0.3, 0.4) is 0 Å². The Morgan fingerprint density at radius 1 is 0.592 bits per heavy atom. The second-order valence-corrected chi connectivity index (χ2v) is 14.1. The van der Waals surface area contributed by atoms with E-state index in [-0.39, 0.29) is 90.1 Å². The van der Waals surface area contributed by atoms with Crippen molar-refractivity contribution in [3.8, 4) is 0 Å². The maximum atomic E-state index is 12.0. The Labute approximate surface area is 310 Å². The van der Waals surface area contributed by atoms with Crippen molar-refractivity contribution in [2.24, 2.45) is 11.8 Å². The molecule has 2 aromatic rings. The molecule has 2 N–H and O–H groups in total. The molecule has 0 aliphatic heterocycles. The van der Waals surface area contributed by atoms with Gasteiger partial charge in [0.25, 0.3) is 20.2 Å². The molecule has 0 bridgehead atoms. The van der Waals surface area contributed by atoms with Crippen LogP contribution in [-0.4, -0.2) is 106 Å². The molecule has 0 fully saturated rings. The molecule has 14 nitrogen and oxygen atoms in total. The molecule has 0 saturated carbocycles. The molecule has 2 rings (SSSR count). The summed E-state index contributed by atoms with van der Waals surface area (Å²) in [5.74, 6) is -3.05. The summed E-state index contributed by atoms with van der Waals surface area (Å²) in [6.07, 6.45) is 2.96. The summed E-state index contributed by atoms with van der Waals surface area (Å²) in [7, 11) is -9.41. The molecular formula is C32H44NaO14S2. The second-order valence-electron chi connectivity index (χ2n) is 11.3.